The van der Waals surface area contributed by atoms with Gasteiger partial charge in [-0.15, -0.1) is 0 Å². The molecule has 0 fully saturated rings. The Morgan fingerprint density at radius 2 is 1.81 bits per heavy atom. The van der Waals surface area contributed by atoms with E-state index in [1.54, 1.807) is 0 Å². The first-order valence-corrected chi connectivity index (χ1v) is 7.01. The van der Waals surface area contributed by atoms with Crippen LogP contribution in [0.25, 0.3) is 0 Å². The first-order chi connectivity index (χ1) is 9.72. The molecule has 1 unspecified atom stereocenters. The molecule has 1 aromatic rings. The van der Waals surface area contributed by atoms with Crippen molar-refractivity contribution in [1.82, 2.24) is 0 Å². The average molecular weight is 301 g/mol. The molecule has 118 valence electrons. The highest BCUT2D eigenvalue weighted by Gasteiger charge is 2.30. The zero-order valence-corrected chi connectivity index (χ0v) is 12.4. The number of hydrogen-bond donors (Lipinski definition) is 2. The number of aliphatic imine (C=N–C) groups is 1. The number of alkyl halides is 3. The van der Waals surface area contributed by atoms with E-state index in [0.29, 0.717) is 24.0 Å². The average Bonchev–Trinajstić information content (AvgIpc) is 2.36. The van der Waals surface area contributed by atoms with Crippen molar-refractivity contribution in [3.8, 4) is 0 Å². The van der Waals surface area contributed by atoms with Crippen LogP contribution in [0, 0.1) is 0 Å². The number of nitrogens with two attached hydrogens (primary N) is 2. The van der Waals surface area contributed by atoms with Crippen LogP contribution in [0.1, 0.15) is 43.4 Å². The van der Waals surface area contributed by atoms with Crippen LogP contribution in [-0.2, 0) is 19.0 Å². The number of aryl methyl sites for hydroxylation is 2. The summed E-state index contributed by atoms with van der Waals surface area (Å²) in [6.45, 7) is 3.73. The van der Waals surface area contributed by atoms with Crippen LogP contribution in [0.2, 0.25) is 0 Å². The molecule has 6 heteroatoms. The highest BCUT2D eigenvalue weighted by molar-refractivity contribution is 5.75. The predicted molar refractivity (Wildman–Crippen MR) is 79.0 cm³/mol. The topological polar surface area (TPSA) is 64.4 Å². The third kappa shape index (κ3) is 6.06. The number of halogens is 3. The molecule has 4 N–H and O–H groups in total. The second kappa shape index (κ2) is 7.33. The summed E-state index contributed by atoms with van der Waals surface area (Å²) in [7, 11) is 0. The lowest BCUT2D eigenvalue weighted by Gasteiger charge is -2.12. The summed E-state index contributed by atoms with van der Waals surface area (Å²) >= 11 is 0. The quantitative estimate of drug-likeness (QED) is 0.625. The lowest BCUT2D eigenvalue weighted by Crippen LogP contribution is -2.24. The van der Waals surface area contributed by atoms with Gasteiger partial charge in [-0.05, 0) is 55.9 Å². The van der Waals surface area contributed by atoms with E-state index in [1.807, 2.05) is 19.9 Å². The summed E-state index contributed by atoms with van der Waals surface area (Å²) in [5, 5.41) is 0. The Kier molecular flexibility index (Phi) is 6.05. The number of benzene rings is 1. The van der Waals surface area contributed by atoms with Crippen molar-refractivity contribution in [3.05, 3.63) is 34.9 Å². The molecule has 0 heterocycles. The Bertz CT molecular complexity index is 491. The third-order valence-electron chi connectivity index (χ3n) is 3.24. The number of guanidine groups is 1. The molecule has 0 saturated heterocycles. The van der Waals surface area contributed by atoms with E-state index < -0.39 is 11.7 Å². The molecule has 0 aromatic heterocycles. The van der Waals surface area contributed by atoms with Crippen molar-refractivity contribution >= 4 is 5.96 Å². The summed E-state index contributed by atoms with van der Waals surface area (Å²) in [4.78, 5) is 3.99. The molecule has 0 aliphatic rings. The second-order valence-corrected chi connectivity index (χ2v) is 5.18. The van der Waals surface area contributed by atoms with E-state index in [4.69, 9.17) is 11.5 Å². The van der Waals surface area contributed by atoms with Gasteiger partial charge >= 0.3 is 6.18 Å². The zero-order chi connectivity index (χ0) is 16.0. The molecule has 0 amide bonds. The van der Waals surface area contributed by atoms with Gasteiger partial charge in [-0.2, -0.15) is 13.2 Å². The standard InChI is InChI=1S/C15H22F3N3/c1-3-11-7-12(9-13(8-11)15(16,17)18)6-4-5-10(2)21-14(19)20/h7-10H,3-6H2,1-2H3,(H4,19,20,21). The Balaban J connectivity index is 2.73. The molecule has 1 atom stereocenters. The summed E-state index contributed by atoms with van der Waals surface area (Å²) in [5.74, 6) is 0.0369. The lowest BCUT2D eigenvalue weighted by atomic mass is 9.99. The molecule has 0 bridgehead atoms. The minimum Gasteiger partial charge on any atom is -0.370 e. The van der Waals surface area contributed by atoms with Crippen LogP contribution >= 0.6 is 0 Å². The highest BCUT2D eigenvalue weighted by Crippen LogP contribution is 2.31. The van der Waals surface area contributed by atoms with E-state index in [0.717, 1.165) is 12.8 Å². The normalized spacial score (nSPS) is 13.0. The van der Waals surface area contributed by atoms with Gasteiger partial charge in [0, 0.05) is 0 Å². The number of nitrogens with zero attached hydrogens (tertiary/aromatic N) is 1. The van der Waals surface area contributed by atoms with E-state index >= 15 is 0 Å². The maximum atomic E-state index is 12.8. The summed E-state index contributed by atoms with van der Waals surface area (Å²) in [6.07, 6.45) is -1.66. The van der Waals surface area contributed by atoms with Gasteiger partial charge < -0.3 is 11.5 Å². The summed E-state index contributed by atoms with van der Waals surface area (Å²) < 4.78 is 38.5. The fourth-order valence-corrected chi connectivity index (χ4v) is 2.20. The fraction of sp³-hybridized carbons (Fsp3) is 0.533. The van der Waals surface area contributed by atoms with E-state index in [1.165, 1.54) is 12.1 Å². The largest absolute Gasteiger partial charge is 0.416 e. The van der Waals surface area contributed by atoms with Crippen LogP contribution in [0.5, 0.6) is 0 Å². The van der Waals surface area contributed by atoms with Gasteiger partial charge in [-0.1, -0.05) is 13.0 Å². The molecular formula is C15H22F3N3. The van der Waals surface area contributed by atoms with Gasteiger partial charge in [0.2, 0.25) is 0 Å². The van der Waals surface area contributed by atoms with E-state index in [9.17, 15) is 13.2 Å². The van der Waals surface area contributed by atoms with Crippen molar-refractivity contribution in [2.45, 2.75) is 51.7 Å². The fourth-order valence-electron chi connectivity index (χ4n) is 2.20. The smallest absolute Gasteiger partial charge is 0.370 e. The SMILES string of the molecule is CCc1cc(CCCC(C)N=C(N)N)cc(C(F)(F)F)c1. The maximum absolute atomic E-state index is 12.8. The maximum Gasteiger partial charge on any atom is 0.416 e. The van der Waals surface area contributed by atoms with Crippen molar-refractivity contribution in [3.63, 3.8) is 0 Å². The molecule has 0 spiro atoms. The monoisotopic (exact) mass is 301 g/mol. The van der Waals surface area contributed by atoms with Gasteiger partial charge in [0.25, 0.3) is 0 Å². The van der Waals surface area contributed by atoms with Gasteiger partial charge in [-0.25, -0.2) is 0 Å². The summed E-state index contributed by atoms with van der Waals surface area (Å²) in [6, 6.07) is 4.25. The van der Waals surface area contributed by atoms with Gasteiger partial charge in [0.05, 0.1) is 11.6 Å². The lowest BCUT2D eigenvalue weighted by molar-refractivity contribution is -0.137. The minimum absolute atomic E-state index is 0.0218. The molecule has 0 aliphatic heterocycles. The van der Waals surface area contributed by atoms with E-state index in [-0.39, 0.29) is 12.0 Å². The zero-order valence-electron chi connectivity index (χ0n) is 12.4. The van der Waals surface area contributed by atoms with Crippen LogP contribution in [0.3, 0.4) is 0 Å². The van der Waals surface area contributed by atoms with Crippen molar-refractivity contribution < 1.29 is 13.2 Å². The van der Waals surface area contributed by atoms with Crippen LogP contribution < -0.4 is 11.5 Å². The Hall–Kier alpha value is -1.72. The number of rotatable bonds is 6. The van der Waals surface area contributed by atoms with Crippen LogP contribution in [0.4, 0.5) is 13.2 Å². The molecule has 0 aliphatic carbocycles. The second-order valence-electron chi connectivity index (χ2n) is 5.18. The first-order valence-electron chi connectivity index (χ1n) is 7.01. The molecular weight excluding hydrogens is 279 g/mol. The van der Waals surface area contributed by atoms with Crippen molar-refractivity contribution in [2.24, 2.45) is 16.5 Å². The van der Waals surface area contributed by atoms with Crippen LogP contribution in [0.15, 0.2) is 23.2 Å². The van der Waals surface area contributed by atoms with E-state index in [2.05, 4.69) is 4.99 Å². The Morgan fingerprint density at radius 3 is 2.33 bits per heavy atom. The number of hydrogen-bond acceptors (Lipinski definition) is 1. The predicted octanol–water partition coefficient (Wildman–Crippen LogP) is 3.25. The molecule has 3 nitrogen and oxygen atoms in total. The molecule has 0 radical (unpaired) electrons. The highest BCUT2D eigenvalue weighted by atomic mass is 19.4. The van der Waals surface area contributed by atoms with Crippen molar-refractivity contribution in [2.75, 3.05) is 0 Å². The van der Waals surface area contributed by atoms with Gasteiger partial charge in [0.1, 0.15) is 0 Å². The molecule has 0 saturated carbocycles. The first kappa shape index (κ1) is 17.3. The Morgan fingerprint density at radius 1 is 1.19 bits per heavy atom. The molecule has 1 aromatic carbocycles. The van der Waals surface area contributed by atoms with Gasteiger partial charge in [0.15, 0.2) is 5.96 Å². The molecule has 1 rings (SSSR count). The minimum atomic E-state index is -4.30. The Labute approximate surface area is 123 Å². The van der Waals surface area contributed by atoms with Crippen LogP contribution in [-0.4, -0.2) is 12.0 Å². The third-order valence-corrected chi connectivity index (χ3v) is 3.24. The summed E-state index contributed by atoms with van der Waals surface area (Å²) in [5.41, 5.74) is 11.4. The van der Waals surface area contributed by atoms with Crippen molar-refractivity contribution in [1.29, 1.82) is 0 Å². The van der Waals surface area contributed by atoms with Gasteiger partial charge in [-0.3, -0.25) is 4.99 Å². The molecule has 21 heavy (non-hydrogen) atoms.